The number of nitrogens with two attached hydrogens (primary N) is 1. The Bertz CT molecular complexity index is 616. The van der Waals surface area contributed by atoms with Crippen LogP contribution in [0.5, 0.6) is 0 Å². The maximum Gasteiger partial charge on any atom is 0.229 e. The Labute approximate surface area is 125 Å². The van der Waals surface area contributed by atoms with E-state index in [1.165, 1.54) is 0 Å². The van der Waals surface area contributed by atoms with Crippen LogP contribution in [-0.4, -0.2) is 27.1 Å². The van der Waals surface area contributed by atoms with Gasteiger partial charge in [-0.1, -0.05) is 18.6 Å². The summed E-state index contributed by atoms with van der Waals surface area (Å²) in [5.74, 6) is 0.0204. The number of nitrogens with one attached hydrogen (secondary N) is 2. The summed E-state index contributed by atoms with van der Waals surface area (Å²) in [5, 5.41) is 2.82. The molecular formula is C14H21N3O3S. The third-order valence-corrected chi connectivity index (χ3v) is 4.37. The lowest BCUT2D eigenvalue weighted by Gasteiger charge is -2.19. The van der Waals surface area contributed by atoms with Crippen molar-refractivity contribution < 1.29 is 13.2 Å². The van der Waals surface area contributed by atoms with E-state index in [0.717, 1.165) is 25.5 Å². The first kappa shape index (κ1) is 15.8. The summed E-state index contributed by atoms with van der Waals surface area (Å²) in [7, 11) is -3.39. The number of carbonyl (C=O) groups excluding carboxylic acids is 1. The zero-order valence-electron chi connectivity index (χ0n) is 12.0. The molecule has 1 fully saturated rings. The third kappa shape index (κ3) is 4.18. The Morgan fingerprint density at radius 3 is 2.57 bits per heavy atom. The zero-order chi connectivity index (χ0) is 15.5. The topological polar surface area (TPSA) is 101 Å². The second kappa shape index (κ2) is 6.44. The van der Waals surface area contributed by atoms with Gasteiger partial charge in [-0.05, 0) is 37.4 Å². The fourth-order valence-corrected chi connectivity index (χ4v) is 3.35. The van der Waals surface area contributed by atoms with E-state index >= 15 is 0 Å². The normalized spacial score (nSPS) is 22.0. The van der Waals surface area contributed by atoms with Gasteiger partial charge in [0, 0.05) is 5.92 Å². The van der Waals surface area contributed by atoms with Crippen molar-refractivity contribution in [2.24, 2.45) is 17.6 Å². The zero-order valence-corrected chi connectivity index (χ0v) is 12.8. The van der Waals surface area contributed by atoms with Crippen molar-refractivity contribution in [3.63, 3.8) is 0 Å². The maximum atomic E-state index is 12.4. The van der Waals surface area contributed by atoms with E-state index in [-0.39, 0.29) is 17.7 Å². The summed E-state index contributed by atoms with van der Waals surface area (Å²) in [6, 6.07) is 6.75. The second-order valence-electron chi connectivity index (χ2n) is 5.44. The van der Waals surface area contributed by atoms with E-state index in [0.29, 0.717) is 17.9 Å². The molecule has 2 rings (SSSR count). The number of hydrogen-bond acceptors (Lipinski definition) is 4. The van der Waals surface area contributed by atoms with Crippen LogP contribution >= 0.6 is 0 Å². The van der Waals surface area contributed by atoms with Gasteiger partial charge in [0.2, 0.25) is 15.9 Å². The average molecular weight is 311 g/mol. The van der Waals surface area contributed by atoms with Gasteiger partial charge in [0.1, 0.15) is 0 Å². The van der Waals surface area contributed by atoms with Crippen LogP contribution in [0, 0.1) is 11.8 Å². The molecule has 0 spiro atoms. The Morgan fingerprint density at radius 1 is 1.29 bits per heavy atom. The second-order valence-corrected chi connectivity index (χ2v) is 7.19. The minimum absolute atomic E-state index is 0.0919. The molecule has 116 valence electrons. The number of sulfonamides is 1. The Balaban J connectivity index is 2.14. The monoisotopic (exact) mass is 311 g/mol. The van der Waals surface area contributed by atoms with Crippen molar-refractivity contribution in [3.05, 3.63) is 24.3 Å². The van der Waals surface area contributed by atoms with Crippen LogP contribution < -0.4 is 15.8 Å². The highest BCUT2D eigenvalue weighted by molar-refractivity contribution is 7.92. The maximum absolute atomic E-state index is 12.4. The predicted octanol–water partition coefficient (Wildman–Crippen LogP) is 1.37. The SMILES string of the molecule is CS(=O)(=O)Nc1ccccc1NC(=O)[C@@H]1CCC[C@@H]1CN. The highest BCUT2D eigenvalue weighted by atomic mass is 32.2. The summed E-state index contributed by atoms with van der Waals surface area (Å²) in [6.45, 7) is 0.501. The number of carbonyl (C=O) groups is 1. The molecular weight excluding hydrogens is 290 g/mol. The summed E-state index contributed by atoms with van der Waals surface area (Å²) in [5.41, 5.74) is 6.54. The lowest BCUT2D eigenvalue weighted by atomic mass is 9.95. The highest BCUT2D eigenvalue weighted by Crippen LogP contribution is 2.32. The van der Waals surface area contributed by atoms with Gasteiger partial charge < -0.3 is 11.1 Å². The van der Waals surface area contributed by atoms with E-state index in [1.807, 2.05) is 0 Å². The number of rotatable bonds is 5. The van der Waals surface area contributed by atoms with E-state index in [4.69, 9.17) is 5.73 Å². The molecule has 1 aromatic carbocycles. The van der Waals surface area contributed by atoms with Crippen LogP contribution in [0.4, 0.5) is 11.4 Å². The number of anilines is 2. The molecule has 7 heteroatoms. The summed E-state index contributed by atoms with van der Waals surface area (Å²) < 4.78 is 25.1. The van der Waals surface area contributed by atoms with Gasteiger partial charge in [0.05, 0.1) is 17.6 Å². The van der Waals surface area contributed by atoms with Crippen LogP contribution in [0.1, 0.15) is 19.3 Å². The first-order chi connectivity index (χ1) is 9.90. The third-order valence-electron chi connectivity index (χ3n) is 3.78. The molecule has 4 N–H and O–H groups in total. The fraction of sp³-hybridized carbons (Fsp3) is 0.500. The largest absolute Gasteiger partial charge is 0.330 e. The standard InChI is InChI=1S/C14H21N3O3S/c1-21(19,20)17-13-8-3-2-7-12(13)16-14(18)11-6-4-5-10(11)9-15/h2-3,7-8,10-11,17H,4-6,9,15H2,1H3,(H,16,18)/t10-,11-/m1/s1. The fourth-order valence-electron chi connectivity index (χ4n) is 2.77. The van der Waals surface area contributed by atoms with E-state index < -0.39 is 10.0 Å². The van der Waals surface area contributed by atoms with Crippen LogP contribution in [0.3, 0.4) is 0 Å². The number of amides is 1. The first-order valence-corrected chi connectivity index (χ1v) is 8.87. The Hall–Kier alpha value is -1.60. The first-order valence-electron chi connectivity index (χ1n) is 6.98. The molecule has 2 atom stereocenters. The Morgan fingerprint density at radius 2 is 1.95 bits per heavy atom. The number of para-hydroxylation sites is 2. The summed E-state index contributed by atoms with van der Waals surface area (Å²) in [4.78, 5) is 12.4. The minimum Gasteiger partial charge on any atom is -0.330 e. The van der Waals surface area contributed by atoms with Gasteiger partial charge in [-0.2, -0.15) is 0 Å². The van der Waals surface area contributed by atoms with Crippen molar-refractivity contribution in [1.29, 1.82) is 0 Å². The van der Waals surface area contributed by atoms with E-state index in [2.05, 4.69) is 10.0 Å². The molecule has 0 saturated heterocycles. The predicted molar refractivity (Wildman–Crippen MR) is 83.4 cm³/mol. The molecule has 21 heavy (non-hydrogen) atoms. The van der Waals surface area contributed by atoms with Gasteiger partial charge in [0.15, 0.2) is 0 Å². The van der Waals surface area contributed by atoms with Gasteiger partial charge in [-0.3, -0.25) is 9.52 Å². The van der Waals surface area contributed by atoms with E-state index in [9.17, 15) is 13.2 Å². The minimum atomic E-state index is -3.39. The molecule has 6 nitrogen and oxygen atoms in total. The van der Waals surface area contributed by atoms with Crippen molar-refractivity contribution in [1.82, 2.24) is 0 Å². The lowest BCUT2D eigenvalue weighted by Crippen LogP contribution is -2.30. The smallest absolute Gasteiger partial charge is 0.229 e. The molecule has 0 unspecified atom stereocenters. The molecule has 1 aliphatic carbocycles. The molecule has 1 aliphatic rings. The van der Waals surface area contributed by atoms with Crippen molar-refractivity contribution in [3.8, 4) is 0 Å². The summed E-state index contributed by atoms with van der Waals surface area (Å²) in [6.07, 6.45) is 3.88. The van der Waals surface area contributed by atoms with Crippen molar-refractivity contribution >= 4 is 27.3 Å². The molecule has 0 aliphatic heterocycles. The lowest BCUT2D eigenvalue weighted by molar-refractivity contribution is -0.120. The van der Waals surface area contributed by atoms with Crippen LogP contribution in [0.25, 0.3) is 0 Å². The number of benzene rings is 1. The number of hydrogen-bond donors (Lipinski definition) is 3. The van der Waals surface area contributed by atoms with Crippen molar-refractivity contribution in [2.45, 2.75) is 19.3 Å². The van der Waals surface area contributed by atoms with Gasteiger partial charge >= 0.3 is 0 Å². The van der Waals surface area contributed by atoms with Gasteiger partial charge in [-0.25, -0.2) is 8.42 Å². The molecule has 1 amide bonds. The molecule has 0 radical (unpaired) electrons. The molecule has 0 aromatic heterocycles. The quantitative estimate of drug-likeness (QED) is 0.764. The van der Waals surface area contributed by atoms with E-state index in [1.54, 1.807) is 24.3 Å². The van der Waals surface area contributed by atoms with Gasteiger partial charge in [0.25, 0.3) is 0 Å². The van der Waals surface area contributed by atoms with Crippen LogP contribution in [0.2, 0.25) is 0 Å². The van der Waals surface area contributed by atoms with Gasteiger partial charge in [-0.15, -0.1) is 0 Å². The summed E-state index contributed by atoms with van der Waals surface area (Å²) >= 11 is 0. The molecule has 1 aromatic rings. The van der Waals surface area contributed by atoms with Crippen LogP contribution in [0.15, 0.2) is 24.3 Å². The highest BCUT2D eigenvalue weighted by Gasteiger charge is 2.32. The molecule has 0 heterocycles. The van der Waals surface area contributed by atoms with Crippen molar-refractivity contribution in [2.75, 3.05) is 22.8 Å². The average Bonchev–Trinajstić information content (AvgIpc) is 2.87. The molecule has 1 saturated carbocycles. The Kier molecular flexibility index (Phi) is 4.84. The van der Waals surface area contributed by atoms with Crippen LogP contribution in [-0.2, 0) is 14.8 Å². The molecule has 0 bridgehead atoms.